The van der Waals surface area contributed by atoms with Crippen LogP contribution >= 0.6 is 0 Å². The summed E-state index contributed by atoms with van der Waals surface area (Å²) in [5.74, 6) is 2.80. The van der Waals surface area contributed by atoms with Gasteiger partial charge in [-0.2, -0.15) is 0 Å². The molecule has 0 amide bonds. The highest BCUT2D eigenvalue weighted by Gasteiger charge is 2.19. The number of hydrogen-bond donors (Lipinski definition) is 1. The highest BCUT2D eigenvalue weighted by Crippen LogP contribution is 2.29. The van der Waals surface area contributed by atoms with E-state index in [2.05, 4.69) is 30.4 Å². The maximum absolute atomic E-state index is 5.68. The summed E-state index contributed by atoms with van der Waals surface area (Å²) in [7, 11) is 1.70. The molecular formula is C17H23NO2. The Kier molecular flexibility index (Phi) is 4.85. The van der Waals surface area contributed by atoms with E-state index in [1.807, 2.05) is 26.0 Å². The first-order chi connectivity index (χ1) is 9.65. The molecule has 1 aromatic carbocycles. The summed E-state index contributed by atoms with van der Waals surface area (Å²) in [6.45, 7) is 7.14. The van der Waals surface area contributed by atoms with Gasteiger partial charge in [-0.05, 0) is 50.6 Å². The Bertz CT molecular complexity index is 560. The summed E-state index contributed by atoms with van der Waals surface area (Å²) >= 11 is 0. The monoisotopic (exact) mass is 273 g/mol. The van der Waals surface area contributed by atoms with Crippen LogP contribution in [0.15, 0.2) is 34.7 Å². The lowest BCUT2D eigenvalue weighted by Crippen LogP contribution is -2.23. The summed E-state index contributed by atoms with van der Waals surface area (Å²) in [6, 6.07) is 10.4. The average molecular weight is 273 g/mol. The van der Waals surface area contributed by atoms with Crippen LogP contribution in [0.2, 0.25) is 0 Å². The zero-order valence-electron chi connectivity index (χ0n) is 12.7. The van der Waals surface area contributed by atoms with Gasteiger partial charge in [0, 0.05) is 5.56 Å². The Morgan fingerprint density at radius 2 is 2.05 bits per heavy atom. The van der Waals surface area contributed by atoms with Gasteiger partial charge in [0.05, 0.1) is 13.2 Å². The molecule has 0 bridgehead atoms. The lowest BCUT2D eigenvalue weighted by Gasteiger charge is -2.19. The molecule has 3 nitrogen and oxygen atoms in total. The number of methoxy groups -OCH3 is 1. The number of rotatable bonds is 6. The molecule has 20 heavy (non-hydrogen) atoms. The summed E-state index contributed by atoms with van der Waals surface area (Å²) in [6.07, 6.45) is 1.09. The summed E-state index contributed by atoms with van der Waals surface area (Å²) in [4.78, 5) is 0. The smallest absolute Gasteiger partial charge is 0.119 e. The van der Waals surface area contributed by atoms with Gasteiger partial charge in [0.1, 0.15) is 17.3 Å². The Hall–Kier alpha value is -1.74. The van der Waals surface area contributed by atoms with E-state index in [1.54, 1.807) is 7.11 Å². The fraction of sp³-hybridized carbons (Fsp3) is 0.412. The number of benzene rings is 1. The van der Waals surface area contributed by atoms with Crippen molar-refractivity contribution < 1.29 is 9.15 Å². The average Bonchev–Trinajstić information content (AvgIpc) is 2.78. The largest absolute Gasteiger partial charge is 0.497 e. The van der Waals surface area contributed by atoms with Crippen LogP contribution in [0.25, 0.3) is 0 Å². The quantitative estimate of drug-likeness (QED) is 0.864. The first-order valence-corrected chi connectivity index (χ1v) is 7.10. The van der Waals surface area contributed by atoms with Gasteiger partial charge in [-0.25, -0.2) is 0 Å². The van der Waals surface area contributed by atoms with E-state index in [1.165, 1.54) is 11.1 Å². The molecule has 2 aromatic rings. The van der Waals surface area contributed by atoms with Crippen LogP contribution in [-0.4, -0.2) is 13.7 Å². The van der Waals surface area contributed by atoms with Crippen LogP contribution in [0, 0.1) is 13.8 Å². The molecule has 0 aliphatic rings. The molecule has 0 spiro atoms. The van der Waals surface area contributed by atoms with Crippen molar-refractivity contribution in [1.82, 2.24) is 5.32 Å². The molecule has 0 aliphatic heterocycles. The molecule has 0 aliphatic carbocycles. The topological polar surface area (TPSA) is 34.4 Å². The number of aryl methyl sites for hydroxylation is 2. The molecule has 1 unspecified atom stereocenters. The van der Waals surface area contributed by atoms with E-state index >= 15 is 0 Å². The van der Waals surface area contributed by atoms with E-state index in [9.17, 15) is 0 Å². The molecule has 0 saturated heterocycles. The maximum Gasteiger partial charge on any atom is 0.119 e. The maximum atomic E-state index is 5.68. The third kappa shape index (κ3) is 3.23. The third-order valence-corrected chi connectivity index (χ3v) is 3.42. The van der Waals surface area contributed by atoms with E-state index in [-0.39, 0.29) is 6.04 Å². The molecule has 2 rings (SSSR count). The second-order valence-corrected chi connectivity index (χ2v) is 5.03. The molecule has 0 fully saturated rings. The van der Waals surface area contributed by atoms with Crippen molar-refractivity contribution in [3.05, 3.63) is 53.0 Å². The fourth-order valence-electron chi connectivity index (χ4n) is 2.45. The van der Waals surface area contributed by atoms with Crippen molar-refractivity contribution in [3.63, 3.8) is 0 Å². The Morgan fingerprint density at radius 1 is 1.25 bits per heavy atom. The van der Waals surface area contributed by atoms with Gasteiger partial charge in [-0.3, -0.25) is 0 Å². The number of nitrogens with one attached hydrogen (secondary N) is 1. The van der Waals surface area contributed by atoms with Crippen molar-refractivity contribution in [3.8, 4) is 5.75 Å². The molecule has 0 saturated carbocycles. The van der Waals surface area contributed by atoms with Crippen LogP contribution < -0.4 is 10.1 Å². The van der Waals surface area contributed by atoms with Gasteiger partial charge in [0.2, 0.25) is 0 Å². The first kappa shape index (κ1) is 14.7. The molecule has 1 heterocycles. The van der Waals surface area contributed by atoms with Crippen LogP contribution in [0.1, 0.15) is 42.0 Å². The number of hydrogen-bond acceptors (Lipinski definition) is 3. The zero-order valence-corrected chi connectivity index (χ0v) is 12.7. The highest BCUT2D eigenvalue weighted by molar-refractivity contribution is 5.38. The highest BCUT2D eigenvalue weighted by atomic mass is 16.5. The standard InChI is InChI=1S/C17H23NO2/c1-5-9-18-17(16-10-12(2)20-13(16)3)14-7-6-8-15(11-14)19-4/h6-8,10-11,17-18H,5,9H2,1-4H3. The van der Waals surface area contributed by atoms with Crippen molar-refractivity contribution >= 4 is 0 Å². The van der Waals surface area contributed by atoms with Crippen molar-refractivity contribution in [2.24, 2.45) is 0 Å². The Balaban J connectivity index is 2.38. The zero-order chi connectivity index (χ0) is 14.5. The van der Waals surface area contributed by atoms with Gasteiger partial charge in [-0.15, -0.1) is 0 Å². The fourth-order valence-corrected chi connectivity index (χ4v) is 2.45. The van der Waals surface area contributed by atoms with Crippen molar-refractivity contribution in [1.29, 1.82) is 0 Å². The van der Waals surface area contributed by atoms with Crippen molar-refractivity contribution in [2.75, 3.05) is 13.7 Å². The predicted octanol–water partition coefficient (Wildman–Crippen LogP) is 3.99. The summed E-state index contributed by atoms with van der Waals surface area (Å²) in [5.41, 5.74) is 2.39. The second-order valence-electron chi connectivity index (χ2n) is 5.03. The SMILES string of the molecule is CCCNC(c1cccc(OC)c1)c1cc(C)oc1C. The predicted molar refractivity (Wildman–Crippen MR) is 81.3 cm³/mol. The van der Waals surface area contributed by atoms with E-state index < -0.39 is 0 Å². The molecule has 0 radical (unpaired) electrons. The normalized spacial score (nSPS) is 12.4. The summed E-state index contributed by atoms with van der Waals surface area (Å²) in [5, 5.41) is 3.59. The van der Waals surface area contributed by atoms with Gasteiger partial charge in [0.25, 0.3) is 0 Å². The van der Waals surface area contributed by atoms with Gasteiger partial charge >= 0.3 is 0 Å². The van der Waals surface area contributed by atoms with Crippen LogP contribution in [-0.2, 0) is 0 Å². The minimum absolute atomic E-state index is 0.141. The van der Waals surface area contributed by atoms with Crippen molar-refractivity contribution in [2.45, 2.75) is 33.2 Å². The minimum atomic E-state index is 0.141. The van der Waals surface area contributed by atoms with Crippen LogP contribution in [0.3, 0.4) is 0 Å². The molecule has 1 aromatic heterocycles. The van der Waals surface area contributed by atoms with Gasteiger partial charge < -0.3 is 14.5 Å². The number of furan rings is 1. The molecular weight excluding hydrogens is 250 g/mol. The van der Waals surface area contributed by atoms with E-state index in [0.717, 1.165) is 30.2 Å². The second kappa shape index (κ2) is 6.62. The number of ether oxygens (including phenoxy) is 1. The van der Waals surface area contributed by atoms with E-state index in [4.69, 9.17) is 9.15 Å². The van der Waals surface area contributed by atoms with Crippen LogP contribution in [0.5, 0.6) is 5.75 Å². The molecule has 1 N–H and O–H groups in total. The van der Waals surface area contributed by atoms with Gasteiger partial charge in [-0.1, -0.05) is 19.1 Å². The molecule has 3 heteroatoms. The minimum Gasteiger partial charge on any atom is -0.497 e. The third-order valence-electron chi connectivity index (χ3n) is 3.42. The first-order valence-electron chi connectivity index (χ1n) is 7.10. The Labute approximate surface area is 121 Å². The van der Waals surface area contributed by atoms with Gasteiger partial charge in [0.15, 0.2) is 0 Å². The van der Waals surface area contributed by atoms with E-state index in [0.29, 0.717) is 0 Å². The van der Waals surface area contributed by atoms with Crippen LogP contribution in [0.4, 0.5) is 0 Å². The Morgan fingerprint density at radius 3 is 2.65 bits per heavy atom. The lowest BCUT2D eigenvalue weighted by atomic mass is 9.98. The lowest BCUT2D eigenvalue weighted by molar-refractivity contribution is 0.413. The summed E-state index contributed by atoms with van der Waals surface area (Å²) < 4.78 is 11.0. The molecule has 108 valence electrons. The molecule has 1 atom stereocenters.